The summed E-state index contributed by atoms with van der Waals surface area (Å²) < 4.78 is 3.79. The third-order valence-corrected chi connectivity index (χ3v) is 2.31. The van der Waals surface area contributed by atoms with Crippen LogP contribution in [0.4, 0.5) is 0 Å². The molecule has 80 valence electrons. The zero-order chi connectivity index (χ0) is 10.8. The van der Waals surface area contributed by atoms with Crippen molar-refractivity contribution in [3.05, 3.63) is 35.9 Å². The van der Waals surface area contributed by atoms with Crippen molar-refractivity contribution in [2.24, 2.45) is 12.8 Å². The van der Waals surface area contributed by atoms with Crippen molar-refractivity contribution >= 4 is 0 Å². The Morgan fingerprint density at radius 2 is 2.33 bits per heavy atom. The summed E-state index contributed by atoms with van der Waals surface area (Å²) in [7, 11) is 1.86. The van der Waals surface area contributed by atoms with Gasteiger partial charge in [-0.1, -0.05) is 5.21 Å². The van der Waals surface area contributed by atoms with E-state index in [4.69, 9.17) is 5.73 Å². The van der Waals surface area contributed by atoms with Gasteiger partial charge in [0.15, 0.2) is 0 Å². The molecule has 0 spiro atoms. The maximum absolute atomic E-state index is 5.86. The molecular weight excluding hydrogens is 190 g/mol. The maximum Gasteiger partial charge on any atom is 0.102 e. The van der Waals surface area contributed by atoms with Crippen LogP contribution in [0, 0.1) is 0 Å². The van der Waals surface area contributed by atoms with Crippen molar-refractivity contribution in [2.45, 2.75) is 19.5 Å². The van der Waals surface area contributed by atoms with Crippen molar-refractivity contribution in [3.8, 4) is 0 Å². The van der Waals surface area contributed by atoms with Crippen LogP contribution in [0.25, 0.3) is 0 Å². The normalized spacial score (nSPS) is 13.0. The summed E-state index contributed by atoms with van der Waals surface area (Å²) >= 11 is 0. The molecule has 0 aliphatic heterocycles. The van der Waals surface area contributed by atoms with Crippen LogP contribution in [-0.2, 0) is 13.6 Å². The summed E-state index contributed by atoms with van der Waals surface area (Å²) in [6.07, 6.45) is 3.92. The van der Waals surface area contributed by atoms with Gasteiger partial charge >= 0.3 is 0 Å². The lowest BCUT2D eigenvalue weighted by Crippen LogP contribution is -2.12. The van der Waals surface area contributed by atoms with Crippen LogP contribution in [-0.4, -0.2) is 19.6 Å². The van der Waals surface area contributed by atoms with E-state index >= 15 is 0 Å². The number of aryl methyl sites for hydroxylation is 1. The van der Waals surface area contributed by atoms with Gasteiger partial charge in [0, 0.05) is 31.2 Å². The molecule has 2 N–H and O–H groups in total. The van der Waals surface area contributed by atoms with Crippen LogP contribution in [0.15, 0.2) is 24.5 Å². The fourth-order valence-corrected chi connectivity index (χ4v) is 1.63. The molecule has 1 atom stereocenters. The molecule has 0 amide bonds. The van der Waals surface area contributed by atoms with E-state index in [0.717, 1.165) is 17.9 Å². The van der Waals surface area contributed by atoms with E-state index in [2.05, 4.69) is 14.9 Å². The van der Waals surface area contributed by atoms with Gasteiger partial charge in [-0.3, -0.25) is 4.68 Å². The zero-order valence-electron chi connectivity index (χ0n) is 8.96. The smallest absolute Gasteiger partial charge is 0.102 e. The first-order valence-corrected chi connectivity index (χ1v) is 4.92. The largest absolute Gasteiger partial charge is 0.344 e. The molecule has 5 nitrogen and oxygen atoms in total. The van der Waals surface area contributed by atoms with E-state index < -0.39 is 0 Å². The van der Waals surface area contributed by atoms with Gasteiger partial charge in [0.1, 0.15) is 5.69 Å². The zero-order valence-corrected chi connectivity index (χ0v) is 8.96. The Bertz CT molecular complexity index is 440. The Hall–Kier alpha value is -1.62. The lowest BCUT2D eigenvalue weighted by Gasteiger charge is -2.09. The summed E-state index contributed by atoms with van der Waals surface area (Å²) in [5, 5.41) is 7.94. The standard InChI is InChI=1S/C10H15N5/c1-8(11)10-4-3-5-15(10)7-9-6-14(2)13-12-9/h3-6,8H,7,11H2,1-2H3. The highest BCUT2D eigenvalue weighted by molar-refractivity contribution is 5.12. The number of hydrogen-bond donors (Lipinski definition) is 1. The predicted octanol–water partition coefficient (Wildman–Crippen LogP) is 0.685. The van der Waals surface area contributed by atoms with Crippen molar-refractivity contribution in [1.29, 1.82) is 0 Å². The Kier molecular flexibility index (Phi) is 2.55. The number of rotatable bonds is 3. The van der Waals surface area contributed by atoms with Crippen LogP contribution in [0.1, 0.15) is 24.4 Å². The second-order valence-electron chi connectivity index (χ2n) is 3.73. The molecular formula is C10H15N5. The molecule has 0 fully saturated rings. The molecule has 0 aliphatic rings. The van der Waals surface area contributed by atoms with E-state index in [9.17, 15) is 0 Å². The van der Waals surface area contributed by atoms with E-state index in [1.807, 2.05) is 38.5 Å². The van der Waals surface area contributed by atoms with Gasteiger partial charge in [0.2, 0.25) is 0 Å². The minimum absolute atomic E-state index is 0.0386. The fraction of sp³-hybridized carbons (Fsp3) is 0.400. The van der Waals surface area contributed by atoms with Crippen LogP contribution < -0.4 is 5.73 Å². The monoisotopic (exact) mass is 205 g/mol. The van der Waals surface area contributed by atoms with Gasteiger partial charge in [-0.2, -0.15) is 0 Å². The molecule has 0 radical (unpaired) electrons. The van der Waals surface area contributed by atoms with E-state index in [1.165, 1.54) is 0 Å². The fourth-order valence-electron chi connectivity index (χ4n) is 1.63. The molecule has 2 aromatic heterocycles. The van der Waals surface area contributed by atoms with Crippen LogP contribution >= 0.6 is 0 Å². The van der Waals surface area contributed by atoms with Gasteiger partial charge < -0.3 is 10.3 Å². The highest BCUT2D eigenvalue weighted by atomic mass is 15.4. The lowest BCUT2D eigenvalue weighted by atomic mass is 10.2. The third-order valence-electron chi connectivity index (χ3n) is 2.31. The summed E-state index contributed by atoms with van der Waals surface area (Å²) in [4.78, 5) is 0. The first kappa shape index (κ1) is 9.92. The van der Waals surface area contributed by atoms with Gasteiger partial charge in [0.05, 0.1) is 6.54 Å². The maximum atomic E-state index is 5.86. The van der Waals surface area contributed by atoms with Gasteiger partial charge in [-0.25, -0.2) is 0 Å². The molecule has 5 heteroatoms. The average Bonchev–Trinajstić information content (AvgIpc) is 2.75. The average molecular weight is 205 g/mol. The topological polar surface area (TPSA) is 61.7 Å². The SMILES string of the molecule is CC(N)c1cccn1Cc1cn(C)nn1. The van der Waals surface area contributed by atoms with E-state index in [1.54, 1.807) is 4.68 Å². The number of nitrogens with zero attached hydrogens (tertiary/aromatic N) is 4. The summed E-state index contributed by atoms with van der Waals surface area (Å²) in [5.41, 5.74) is 7.91. The van der Waals surface area contributed by atoms with Crippen LogP contribution in [0.3, 0.4) is 0 Å². The van der Waals surface area contributed by atoms with Crippen LogP contribution in [0.5, 0.6) is 0 Å². The van der Waals surface area contributed by atoms with Gasteiger partial charge in [-0.15, -0.1) is 5.10 Å². The summed E-state index contributed by atoms with van der Waals surface area (Å²) in [6, 6.07) is 4.06. The number of hydrogen-bond acceptors (Lipinski definition) is 3. The number of nitrogens with two attached hydrogens (primary N) is 1. The molecule has 2 heterocycles. The molecule has 2 rings (SSSR count). The summed E-state index contributed by atoms with van der Waals surface area (Å²) in [5.74, 6) is 0. The summed E-state index contributed by atoms with van der Waals surface area (Å²) in [6.45, 7) is 2.69. The van der Waals surface area contributed by atoms with Crippen molar-refractivity contribution < 1.29 is 0 Å². The molecule has 15 heavy (non-hydrogen) atoms. The van der Waals surface area contributed by atoms with Gasteiger partial charge in [-0.05, 0) is 19.1 Å². The minimum Gasteiger partial charge on any atom is -0.344 e. The Balaban J connectivity index is 2.20. The first-order chi connectivity index (χ1) is 7.16. The minimum atomic E-state index is 0.0386. The van der Waals surface area contributed by atoms with E-state index in [-0.39, 0.29) is 6.04 Å². The van der Waals surface area contributed by atoms with Gasteiger partial charge in [0.25, 0.3) is 0 Å². The van der Waals surface area contributed by atoms with Crippen molar-refractivity contribution in [1.82, 2.24) is 19.6 Å². The Morgan fingerprint density at radius 1 is 1.53 bits per heavy atom. The van der Waals surface area contributed by atoms with Crippen molar-refractivity contribution in [3.63, 3.8) is 0 Å². The lowest BCUT2D eigenvalue weighted by molar-refractivity contribution is 0.664. The molecule has 0 aliphatic carbocycles. The Labute approximate surface area is 88.5 Å². The Morgan fingerprint density at radius 3 is 2.93 bits per heavy atom. The quantitative estimate of drug-likeness (QED) is 0.801. The second-order valence-corrected chi connectivity index (χ2v) is 3.73. The first-order valence-electron chi connectivity index (χ1n) is 4.92. The molecule has 0 aromatic carbocycles. The molecule has 2 aromatic rings. The van der Waals surface area contributed by atoms with E-state index in [0.29, 0.717) is 0 Å². The third kappa shape index (κ3) is 2.07. The van der Waals surface area contributed by atoms with Crippen LogP contribution in [0.2, 0.25) is 0 Å². The molecule has 0 saturated carbocycles. The predicted molar refractivity (Wildman–Crippen MR) is 57.1 cm³/mol. The number of aromatic nitrogens is 4. The second kappa shape index (κ2) is 3.86. The molecule has 1 unspecified atom stereocenters. The van der Waals surface area contributed by atoms with Crippen molar-refractivity contribution in [2.75, 3.05) is 0 Å². The highest BCUT2D eigenvalue weighted by Gasteiger charge is 2.07. The highest BCUT2D eigenvalue weighted by Crippen LogP contribution is 2.11. The molecule has 0 saturated heterocycles. The molecule has 0 bridgehead atoms.